The van der Waals surface area contributed by atoms with Crippen molar-refractivity contribution in [2.75, 3.05) is 0 Å². The summed E-state index contributed by atoms with van der Waals surface area (Å²) >= 11 is 2.65. The van der Waals surface area contributed by atoms with Gasteiger partial charge in [0.25, 0.3) is 0 Å². The Balaban J connectivity index is 2.48. The third kappa shape index (κ3) is 1.91. The van der Waals surface area contributed by atoms with Crippen LogP contribution in [0.15, 0.2) is 11.6 Å². The van der Waals surface area contributed by atoms with Gasteiger partial charge in [-0.3, -0.25) is 0 Å². The number of aromatic nitrogens is 2. The van der Waals surface area contributed by atoms with Crippen LogP contribution in [-0.4, -0.2) is 21.0 Å². The number of carbonyl (C=O) groups is 1. The molecule has 1 N–H and O–H groups in total. The van der Waals surface area contributed by atoms with Gasteiger partial charge in [0.1, 0.15) is 4.88 Å². The summed E-state index contributed by atoms with van der Waals surface area (Å²) in [5.41, 5.74) is 0.637. The highest BCUT2D eigenvalue weighted by Gasteiger charge is 2.17. The lowest BCUT2D eigenvalue weighted by Crippen LogP contribution is -1.97. The second-order valence-corrected chi connectivity index (χ2v) is 4.68. The number of hydrogen-bond donors (Lipinski definition) is 1. The maximum absolute atomic E-state index is 10.9. The van der Waals surface area contributed by atoms with Crippen LogP contribution in [0.5, 0.6) is 0 Å². The zero-order valence-electron chi connectivity index (χ0n) is 7.93. The highest BCUT2D eigenvalue weighted by atomic mass is 32.1. The van der Waals surface area contributed by atoms with Crippen molar-refractivity contribution in [3.8, 4) is 10.0 Å². The smallest absolute Gasteiger partial charge is 0.347 e. The number of aryl methyl sites for hydroxylation is 1. The second-order valence-electron chi connectivity index (χ2n) is 2.79. The summed E-state index contributed by atoms with van der Waals surface area (Å²) in [5.74, 6) is -0.910. The Morgan fingerprint density at radius 3 is 2.80 bits per heavy atom. The molecule has 0 amide bonds. The summed E-state index contributed by atoms with van der Waals surface area (Å²) in [5, 5.41) is 12.3. The molecular formula is C9H8N2O2S2. The highest BCUT2D eigenvalue weighted by Crippen LogP contribution is 2.29. The van der Waals surface area contributed by atoms with Crippen molar-refractivity contribution in [1.29, 1.82) is 0 Å². The molecule has 0 fully saturated rings. The third-order valence-corrected chi connectivity index (χ3v) is 3.84. The standard InChI is InChI=1S/C9H8N2O2S2/c1-2-5-6(9(12)13)15-8(11-5)7-10-3-4-14-7/h3-4H,2H2,1H3,(H,12,13). The predicted octanol–water partition coefficient (Wildman–Crippen LogP) is 2.53. The number of rotatable bonds is 3. The van der Waals surface area contributed by atoms with Crippen LogP contribution in [-0.2, 0) is 6.42 Å². The van der Waals surface area contributed by atoms with Gasteiger partial charge in [0.2, 0.25) is 0 Å². The molecule has 0 bridgehead atoms. The summed E-state index contributed by atoms with van der Waals surface area (Å²) in [6, 6.07) is 0. The Morgan fingerprint density at radius 1 is 1.53 bits per heavy atom. The number of carboxylic acid groups (broad SMARTS) is 1. The summed E-state index contributed by atoms with van der Waals surface area (Å²) in [6.45, 7) is 1.90. The summed E-state index contributed by atoms with van der Waals surface area (Å²) in [6.07, 6.45) is 2.32. The van der Waals surface area contributed by atoms with Crippen LogP contribution in [0.2, 0.25) is 0 Å². The van der Waals surface area contributed by atoms with Gasteiger partial charge in [-0.2, -0.15) is 0 Å². The van der Waals surface area contributed by atoms with Crippen molar-refractivity contribution in [3.63, 3.8) is 0 Å². The minimum atomic E-state index is -0.910. The van der Waals surface area contributed by atoms with E-state index in [4.69, 9.17) is 5.11 Å². The van der Waals surface area contributed by atoms with Gasteiger partial charge in [-0.05, 0) is 6.42 Å². The molecule has 0 aromatic carbocycles. The Hall–Kier alpha value is -1.27. The van der Waals surface area contributed by atoms with Gasteiger partial charge in [0, 0.05) is 11.6 Å². The molecule has 0 radical (unpaired) electrons. The minimum absolute atomic E-state index is 0.322. The SMILES string of the molecule is CCc1nc(-c2nccs2)sc1C(=O)O. The summed E-state index contributed by atoms with van der Waals surface area (Å²) < 4.78 is 0. The van der Waals surface area contributed by atoms with Gasteiger partial charge in [-0.25, -0.2) is 14.8 Å². The fraction of sp³-hybridized carbons (Fsp3) is 0.222. The van der Waals surface area contributed by atoms with Crippen LogP contribution in [0.3, 0.4) is 0 Å². The molecule has 0 aliphatic rings. The molecule has 2 aromatic rings. The molecule has 6 heteroatoms. The van der Waals surface area contributed by atoms with Crippen molar-refractivity contribution >= 4 is 28.6 Å². The van der Waals surface area contributed by atoms with E-state index < -0.39 is 5.97 Å². The van der Waals surface area contributed by atoms with Gasteiger partial charge in [-0.15, -0.1) is 22.7 Å². The first kappa shape index (κ1) is 10.3. The molecule has 0 aliphatic carbocycles. The van der Waals surface area contributed by atoms with Gasteiger partial charge in [0.15, 0.2) is 10.0 Å². The fourth-order valence-corrected chi connectivity index (χ4v) is 2.85. The predicted molar refractivity (Wildman–Crippen MR) is 59.6 cm³/mol. The van der Waals surface area contributed by atoms with E-state index in [1.807, 2.05) is 12.3 Å². The Morgan fingerprint density at radius 2 is 2.33 bits per heavy atom. The minimum Gasteiger partial charge on any atom is -0.477 e. The second kappa shape index (κ2) is 4.08. The van der Waals surface area contributed by atoms with Crippen molar-refractivity contribution in [1.82, 2.24) is 9.97 Å². The molecular weight excluding hydrogens is 232 g/mol. The van der Waals surface area contributed by atoms with E-state index in [1.54, 1.807) is 6.20 Å². The van der Waals surface area contributed by atoms with Gasteiger partial charge in [-0.1, -0.05) is 6.92 Å². The molecule has 0 atom stereocenters. The number of hydrogen-bond acceptors (Lipinski definition) is 5. The number of thiazole rings is 2. The molecule has 0 unspecified atom stereocenters. The quantitative estimate of drug-likeness (QED) is 0.895. The Kier molecular flexibility index (Phi) is 2.79. The van der Waals surface area contributed by atoms with Crippen molar-refractivity contribution < 1.29 is 9.90 Å². The molecule has 2 aromatic heterocycles. The van der Waals surface area contributed by atoms with Gasteiger partial charge >= 0.3 is 5.97 Å². The Bertz CT molecular complexity index is 476. The van der Waals surface area contributed by atoms with E-state index in [0.717, 1.165) is 5.01 Å². The molecule has 4 nitrogen and oxygen atoms in total. The van der Waals surface area contributed by atoms with Crippen molar-refractivity contribution in [2.45, 2.75) is 13.3 Å². The van der Waals surface area contributed by atoms with E-state index >= 15 is 0 Å². The van der Waals surface area contributed by atoms with E-state index in [0.29, 0.717) is 22.0 Å². The summed E-state index contributed by atoms with van der Waals surface area (Å²) in [4.78, 5) is 19.6. The van der Waals surface area contributed by atoms with Crippen molar-refractivity contribution in [2.24, 2.45) is 0 Å². The zero-order valence-corrected chi connectivity index (χ0v) is 9.56. The maximum atomic E-state index is 10.9. The van der Waals surface area contributed by atoms with Crippen LogP contribution in [0.1, 0.15) is 22.3 Å². The molecule has 2 heterocycles. The number of nitrogens with zero attached hydrogens (tertiary/aromatic N) is 2. The first-order valence-corrected chi connectivity index (χ1v) is 6.04. The fourth-order valence-electron chi connectivity index (χ4n) is 1.18. The van der Waals surface area contributed by atoms with E-state index in [9.17, 15) is 4.79 Å². The van der Waals surface area contributed by atoms with E-state index in [1.165, 1.54) is 22.7 Å². The highest BCUT2D eigenvalue weighted by molar-refractivity contribution is 7.21. The maximum Gasteiger partial charge on any atom is 0.347 e. The lowest BCUT2D eigenvalue weighted by molar-refractivity contribution is 0.0701. The largest absolute Gasteiger partial charge is 0.477 e. The molecule has 78 valence electrons. The lowest BCUT2D eigenvalue weighted by atomic mass is 10.3. The van der Waals surface area contributed by atoms with Crippen LogP contribution in [0, 0.1) is 0 Å². The average Bonchev–Trinajstić information content (AvgIpc) is 2.86. The Labute approximate surface area is 94.3 Å². The average molecular weight is 240 g/mol. The third-order valence-electron chi connectivity index (χ3n) is 1.84. The zero-order chi connectivity index (χ0) is 10.8. The number of aromatic carboxylic acids is 1. The van der Waals surface area contributed by atoms with Crippen LogP contribution < -0.4 is 0 Å². The molecule has 0 saturated carbocycles. The molecule has 2 rings (SSSR count). The van der Waals surface area contributed by atoms with Crippen LogP contribution >= 0.6 is 22.7 Å². The van der Waals surface area contributed by atoms with Crippen LogP contribution in [0.4, 0.5) is 0 Å². The van der Waals surface area contributed by atoms with E-state index in [-0.39, 0.29) is 0 Å². The monoisotopic (exact) mass is 240 g/mol. The van der Waals surface area contributed by atoms with Gasteiger partial charge < -0.3 is 5.11 Å². The topological polar surface area (TPSA) is 63.1 Å². The molecule has 0 aliphatic heterocycles. The lowest BCUT2D eigenvalue weighted by Gasteiger charge is -1.89. The van der Waals surface area contributed by atoms with Crippen LogP contribution in [0.25, 0.3) is 10.0 Å². The first-order chi connectivity index (χ1) is 7.22. The molecule has 0 spiro atoms. The van der Waals surface area contributed by atoms with Crippen molar-refractivity contribution in [3.05, 3.63) is 22.1 Å². The normalized spacial score (nSPS) is 10.5. The number of carboxylic acids is 1. The van der Waals surface area contributed by atoms with Gasteiger partial charge in [0.05, 0.1) is 5.69 Å². The van der Waals surface area contributed by atoms with E-state index in [2.05, 4.69) is 9.97 Å². The first-order valence-electron chi connectivity index (χ1n) is 4.35. The summed E-state index contributed by atoms with van der Waals surface area (Å²) in [7, 11) is 0. The molecule has 0 saturated heterocycles. The molecule has 15 heavy (non-hydrogen) atoms.